The largest absolute Gasteiger partial charge is 0.444 e. The van der Waals surface area contributed by atoms with E-state index in [0.29, 0.717) is 23.5 Å². The number of carbonyl (C=O) groups is 1. The summed E-state index contributed by atoms with van der Waals surface area (Å²) in [5.41, 5.74) is 5.72. The van der Waals surface area contributed by atoms with Crippen molar-refractivity contribution in [1.82, 2.24) is 9.80 Å². The van der Waals surface area contributed by atoms with E-state index in [1.165, 1.54) is 0 Å². The lowest BCUT2D eigenvalue weighted by atomic mass is 10.1. The third-order valence-corrected chi connectivity index (χ3v) is 3.43. The van der Waals surface area contributed by atoms with Gasteiger partial charge in [0.05, 0.1) is 6.04 Å². The summed E-state index contributed by atoms with van der Waals surface area (Å²) in [4.78, 5) is 16.2. The second-order valence-electron chi connectivity index (χ2n) is 4.25. The molecule has 1 fully saturated rings. The zero-order valence-electron chi connectivity index (χ0n) is 9.73. The van der Waals surface area contributed by atoms with E-state index in [4.69, 9.17) is 10.2 Å². The monoisotopic (exact) mass is 301 g/mol. The second kappa shape index (κ2) is 5.20. The molecule has 1 saturated heterocycles. The third kappa shape index (κ3) is 2.70. The molecule has 2 N–H and O–H groups in total. The maximum absolute atomic E-state index is 12.2. The molecule has 2 rings (SSSR count). The van der Waals surface area contributed by atoms with Crippen LogP contribution in [-0.2, 0) is 0 Å². The van der Waals surface area contributed by atoms with Crippen molar-refractivity contribution in [2.24, 2.45) is 5.73 Å². The van der Waals surface area contributed by atoms with Gasteiger partial charge in [0.15, 0.2) is 10.4 Å². The lowest BCUT2D eigenvalue weighted by molar-refractivity contribution is 0.0484. The van der Waals surface area contributed by atoms with Crippen LogP contribution < -0.4 is 5.73 Å². The van der Waals surface area contributed by atoms with E-state index >= 15 is 0 Å². The van der Waals surface area contributed by atoms with Gasteiger partial charge in [0.1, 0.15) is 0 Å². The van der Waals surface area contributed by atoms with Gasteiger partial charge < -0.3 is 20.0 Å². The maximum atomic E-state index is 12.2. The molecule has 0 bridgehead atoms. The molecule has 1 aliphatic rings. The fraction of sp³-hybridized carbons (Fsp3) is 0.545. The van der Waals surface area contributed by atoms with Crippen molar-refractivity contribution in [1.29, 1.82) is 0 Å². The van der Waals surface area contributed by atoms with Crippen LogP contribution in [0.15, 0.2) is 21.2 Å². The summed E-state index contributed by atoms with van der Waals surface area (Å²) in [7, 11) is 2.04. The number of hydrogen-bond acceptors (Lipinski definition) is 4. The normalized spacial score (nSPS) is 21.8. The molecule has 0 aliphatic carbocycles. The summed E-state index contributed by atoms with van der Waals surface area (Å²) in [6.45, 7) is 2.84. The van der Waals surface area contributed by atoms with Crippen molar-refractivity contribution in [2.45, 2.75) is 6.04 Å². The minimum Gasteiger partial charge on any atom is -0.444 e. The predicted octanol–water partition coefficient (Wildman–Crippen LogP) is 0.757. The van der Waals surface area contributed by atoms with Crippen molar-refractivity contribution in [2.75, 3.05) is 33.2 Å². The highest BCUT2D eigenvalue weighted by atomic mass is 79.9. The Morgan fingerprint density at radius 2 is 2.35 bits per heavy atom. The molecule has 17 heavy (non-hydrogen) atoms. The summed E-state index contributed by atoms with van der Waals surface area (Å²) >= 11 is 3.20. The first-order valence-electron chi connectivity index (χ1n) is 5.56. The fourth-order valence-corrected chi connectivity index (χ4v) is 2.36. The Balaban J connectivity index is 2.13. The Morgan fingerprint density at radius 1 is 1.59 bits per heavy atom. The van der Waals surface area contributed by atoms with Crippen LogP contribution in [0.25, 0.3) is 0 Å². The average Bonchev–Trinajstić information content (AvgIpc) is 2.75. The molecular weight excluding hydrogens is 286 g/mol. The highest BCUT2D eigenvalue weighted by Crippen LogP contribution is 2.18. The van der Waals surface area contributed by atoms with Gasteiger partial charge >= 0.3 is 0 Å². The van der Waals surface area contributed by atoms with E-state index < -0.39 is 0 Å². The SMILES string of the molecule is CN1CCN(C(=O)c2ccc(Br)o2)C(CN)C1. The Labute approximate surface area is 109 Å². The van der Waals surface area contributed by atoms with Gasteiger partial charge in [-0.2, -0.15) is 0 Å². The van der Waals surface area contributed by atoms with E-state index in [0.717, 1.165) is 13.1 Å². The molecule has 1 aromatic heterocycles. The van der Waals surface area contributed by atoms with Gasteiger partial charge in [-0.1, -0.05) is 0 Å². The van der Waals surface area contributed by atoms with Crippen molar-refractivity contribution in [3.8, 4) is 0 Å². The van der Waals surface area contributed by atoms with Gasteiger partial charge in [-0.15, -0.1) is 0 Å². The summed E-state index contributed by atoms with van der Waals surface area (Å²) in [6, 6.07) is 3.46. The molecule has 0 aromatic carbocycles. The van der Waals surface area contributed by atoms with Gasteiger partial charge in [-0.05, 0) is 35.1 Å². The number of amides is 1. The number of carbonyl (C=O) groups excluding carboxylic acids is 1. The Morgan fingerprint density at radius 3 is 2.94 bits per heavy atom. The Kier molecular flexibility index (Phi) is 3.86. The molecule has 0 saturated carbocycles. The number of halogens is 1. The lowest BCUT2D eigenvalue weighted by Gasteiger charge is -2.39. The highest BCUT2D eigenvalue weighted by Gasteiger charge is 2.30. The van der Waals surface area contributed by atoms with E-state index in [1.807, 2.05) is 7.05 Å². The number of nitrogens with two attached hydrogens (primary N) is 1. The van der Waals surface area contributed by atoms with Crippen LogP contribution in [0.1, 0.15) is 10.6 Å². The topological polar surface area (TPSA) is 62.7 Å². The van der Waals surface area contributed by atoms with Gasteiger partial charge in [-0.25, -0.2) is 0 Å². The smallest absolute Gasteiger partial charge is 0.289 e. The van der Waals surface area contributed by atoms with E-state index in [9.17, 15) is 4.79 Å². The standard InChI is InChI=1S/C11H16BrN3O2/c1-14-4-5-15(8(6-13)7-14)11(16)9-2-3-10(12)17-9/h2-3,8H,4-7,13H2,1H3. The average molecular weight is 302 g/mol. The zero-order valence-corrected chi connectivity index (χ0v) is 11.3. The molecule has 0 radical (unpaired) electrons. The molecule has 1 amide bonds. The first-order valence-corrected chi connectivity index (χ1v) is 6.36. The number of hydrogen-bond donors (Lipinski definition) is 1. The van der Waals surface area contributed by atoms with Gasteiger partial charge in [-0.3, -0.25) is 4.79 Å². The third-order valence-electron chi connectivity index (χ3n) is 3.00. The molecule has 5 nitrogen and oxygen atoms in total. The van der Waals surface area contributed by atoms with Gasteiger partial charge in [0.2, 0.25) is 0 Å². The van der Waals surface area contributed by atoms with Crippen molar-refractivity contribution < 1.29 is 9.21 Å². The number of rotatable bonds is 2. The van der Waals surface area contributed by atoms with Crippen LogP contribution in [0.5, 0.6) is 0 Å². The fourth-order valence-electron chi connectivity index (χ4n) is 2.05. The van der Waals surface area contributed by atoms with Crippen LogP contribution in [-0.4, -0.2) is 55.0 Å². The number of nitrogens with zero attached hydrogens (tertiary/aromatic N) is 2. The van der Waals surface area contributed by atoms with Gasteiger partial charge in [0.25, 0.3) is 5.91 Å². The van der Waals surface area contributed by atoms with Crippen molar-refractivity contribution in [3.05, 3.63) is 22.6 Å². The molecule has 1 atom stereocenters. The molecule has 2 heterocycles. The molecule has 1 aromatic rings. The zero-order chi connectivity index (χ0) is 12.4. The van der Waals surface area contributed by atoms with Crippen molar-refractivity contribution >= 4 is 21.8 Å². The predicted molar refractivity (Wildman–Crippen MR) is 67.8 cm³/mol. The quantitative estimate of drug-likeness (QED) is 0.876. The van der Waals surface area contributed by atoms with Gasteiger partial charge in [0, 0.05) is 26.2 Å². The van der Waals surface area contributed by atoms with Crippen LogP contribution in [0.2, 0.25) is 0 Å². The summed E-state index contributed by atoms with van der Waals surface area (Å²) in [6.07, 6.45) is 0. The second-order valence-corrected chi connectivity index (χ2v) is 5.04. The van der Waals surface area contributed by atoms with Crippen molar-refractivity contribution in [3.63, 3.8) is 0 Å². The summed E-state index contributed by atoms with van der Waals surface area (Å²) in [5.74, 6) is 0.277. The molecule has 94 valence electrons. The minimum absolute atomic E-state index is 0.0603. The first-order chi connectivity index (χ1) is 8.11. The molecule has 6 heteroatoms. The highest BCUT2D eigenvalue weighted by molar-refractivity contribution is 9.10. The Hall–Kier alpha value is -0.850. The lowest BCUT2D eigenvalue weighted by Crippen LogP contribution is -2.56. The summed E-state index contributed by atoms with van der Waals surface area (Å²) < 4.78 is 5.86. The van der Waals surface area contributed by atoms with Crippen LogP contribution in [0.3, 0.4) is 0 Å². The number of piperazine rings is 1. The summed E-state index contributed by atoms with van der Waals surface area (Å²) in [5, 5.41) is 0. The molecular formula is C11H16BrN3O2. The van der Waals surface area contributed by atoms with E-state index in [-0.39, 0.29) is 11.9 Å². The number of likely N-dealkylation sites (N-methyl/N-ethyl adjacent to an activating group) is 1. The molecule has 1 aliphatic heterocycles. The first kappa shape index (κ1) is 12.6. The van der Waals surface area contributed by atoms with E-state index in [1.54, 1.807) is 17.0 Å². The van der Waals surface area contributed by atoms with Crippen LogP contribution in [0.4, 0.5) is 0 Å². The van der Waals surface area contributed by atoms with Crippen LogP contribution >= 0.6 is 15.9 Å². The molecule has 0 spiro atoms. The minimum atomic E-state index is -0.0840. The van der Waals surface area contributed by atoms with Crippen LogP contribution in [0, 0.1) is 0 Å². The van der Waals surface area contributed by atoms with E-state index in [2.05, 4.69) is 20.8 Å². The number of furan rings is 1. The maximum Gasteiger partial charge on any atom is 0.289 e. The Bertz CT molecular complexity index is 407. The molecule has 1 unspecified atom stereocenters.